The molecule has 0 radical (unpaired) electrons. The maximum Gasteiger partial charge on any atom is 0.151 e. The summed E-state index contributed by atoms with van der Waals surface area (Å²) in [6.45, 7) is 3.64. The van der Waals surface area contributed by atoms with Crippen molar-refractivity contribution in [3.05, 3.63) is 41.5 Å². The number of rotatable bonds is 2. The van der Waals surface area contributed by atoms with Gasteiger partial charge in [-0.15, -0.1) is 10.2 Å². The fourth-order valence-electron chi connectivity index (χ4n) is 1.35. The zero-order chi connectivity index (χ0) is 11.5. The van der Waals surface area contributed by atoms with Gasteiger partial charge in [0.05, 0.1) is 6.21 Å². The Morgan fingerprint density at radius 3 is 2.44 bits per heavy atom. The summed E-state index contributed by atoms with van der Waals surface area (Å²) in [7, 11) is 0. The van der Waals surface area contributed by atoms with E-state index >= 15 is 0 Å². The third-order valence-electron chi connectivity index (χ3n) is 2.20. The summed E-state index contributed by atoms with van der Waals surface area (Å²) in [4.78, 5) is 0. The lowest BCUT2D eigenvalue weighted by molar-refractivity contribution is 0.474. The number of aromatic hydroxyl groups is 1. The molecule has 0 unspecified atom stereocenters. The van der Waals surface area contributed by atoms with E-state index in [1.807, 2.05) is 19.9 Å². The number of benzene rings is 1. The van der Waals surface area contributed by atoms with Crippen LogP contribution in [0.2, 0.25) is 0 Å². The second-order valence-electron chi connectivity index (χ2n) is 3.41. The SMILES string of the molecule is Cc1nnc(C)n1/N=C/c1ccccc1O. The highest BCUT2D eigenvalue weighted by Crippen LogP contribution is 2.13. The van der Waals surface area contributed by atoms with Gasteiger partial charge in [-0.05, 0) is 26.0 Å². The van der Waals surface area contributed by atoms with Gasteiger partial charge in [-0.1, -0.05) is 12.1 Å². The number of nitrogens with zero attached hydrogens (tertiary/aromatic N) is 4. The number of phenols is 1. The molecular weight excluding hydrogens is 204 g/mol. The smallest absolute Gasteiger partial charge is 0.151 e. The van der Waals surface area contributed by atoms with E-state index in [2.05, 4.69) is 15.3 Å². The Hall–Kier alpha value is -2.17. The van der Waals surface area contributed by atoms with Gasteiger partial charge < -0.3 is 5.11 Å². The predicted molar refractivity (Wildman–Crippen MR) is 60.6 cm³/mol. The number of phenolic OH excluding ortho intramolecular Hbond substituents is 1. The van der Waals surface area contributed by atoms with Gasteiger partial charge in [0.25, 0.3) is 0 Å². The van der Waals surface area contributed by atoms with Crippen LogP contribution in [0.5, 0.6) is 5.75 Å². The molecule has 82 valence electrons. The first-order valence-electron chi connectivity index (χ1n) is 4.89. The number of para-hydroxylation sites is 1. The lowest BCUT2D eigenvalue weighted by atomic mass is 10.2. The van der Waals surface area contributed by atoms with E-state index in [-0.39, 0.29) is 5.75 Å². The number of hydrogen-bond acceptors (Lipinski definition) is 4. The Bertz CT molecular complexity index is 511. The molecule has 0 bridgehead atoms. The topological polar surface area (TPSA) is 63.3 Å². The lowest BCUT2D eigenvalue weighted by Crippen LogP contribution is -1.96. The van der Waals surface area contributed by atoms with Crippen molar-refractivity contribution in [1.29, 1.82) is 0 Å². The van der Waals surface area contributed by atoms with Gasteiger partial charge in [-0.2, -0.15) is 5.10 Å². The molecule has 5 heteroatoms. The Balaban J connectivity index is 2.32. The molecule has 0 aliphatic rings. The maximum absolute atomic E-state index is 9.55. The molecule has 2 aromatic rings. The second kappa shape index (κ2) is 4.14. The van der Waals surface area contributed by atoms with Crippen molar-refractivity contribution >= 4 is 6.21 Å². The minimum Gasteiger partial charge on any atom is -0.507 e. The third-order valence-corrected chi connectivity index (χ3v) is 2.20. The van der Waals surface area contributed by atoms with Crippen molar-refractivity contribution in [3.63, 3.8) is 0 Å². The molecule has 0 fully saturated rings. The van der Waals surface area contributed by atoms with Crippen LogP contribution in [-0.2, 0) is 0 Å². The molecule has 0 spiro atoms. The Kier molecular flexibility index (Phi) is 2.68. The molecule has 0 aliphatic carbocycles. The van der Waals surface area contributed by atoms with Crippen LogP contribution in [0.1, 0.15) is 17.2 Å². The van der Waals surface area contributed by atoms with Gasteiger partial charge in [0.15, 0.2) is 11.6 Å². The zero-order valence-electron chi connectivity index (χ0n) is 9.12. The monoisotopic (exact) mass is 216 g/mol. The Labute approximate surface area is 93.1 Å². The summed E-state index contributed by atoms with van der Waals surface area (Å²) < 4.78 is 1.62. The largest absolute Gasteiger partial charge is 0.507 e. The fourth-order valence-corrected chi connectivity index (χ4v) is 1.35. The molecule has 16 heavy (non-hydrogen) atoms. The molecule has 1 aromatic heterocycles. The molecule has 2 rings (SSSR count). The van der Waals surface area contributed by atoms with Crippen LogP contribution in [-0.4, -0.2) is 26.2 Å². The van der Waals surface area contributed by atoms with Crippen molar-refractivity contribution < 1.29 is 5.11 Å². The van der Waals surface area contributed by atoms with Gasteiger partial charge >= 0.3 is 0 Å². The number of aryl methyl sites for hydroxylation is 2. The summed E-state index contributed by atoms with van der Waals surface area (Å²) in [5.41, 5.74) is 0.662. The summed E-state index contributed by atoms with van der Waals surface area (Å²) in [6.07, 6.45) is 1.58. The van der Waals surface area contributed by atoms with E-state index in [0.29, 0.717) is 17.2 Å². The fraction of sp³-hybridized carbons (Fsp3) is 0.182. The highest BCUT2D eigenvalue weighted by Gasteiger charge is 2.01. The summed E-state index contributed by atoms with van der Waals surface area (Å²) >= 11 is 0. The van der Waals surface area contributed by atoms with E-state index in [1.54, 1.807) is 29.1 Å². The van der Waals surface area contributed by atoms with Crippen LogP contribution in [0.4, 0.5) is 0 Å². The molecule has 0 saturated heterocycles. The average molecular weight is 216 g/mol. The van der Waals surface area contributed by atoms with Gasteiger partial charge in [-0.25, -0.2) is 4.68 Å². The molecule has 0 aliphatic heterocycles. The molecule has 5 nitrogen and oxygen atoms in total. The van der Waals surface area contributed by atoms with Crippen molar-refractivity contribution in [2.45, 2.75) is 13.8 Å². The summed E-state index contributed by atoms with van der Waals surface area (Å²) in [6, 6.07) is 7.01. The van der Waals surface area contributed by atoms with Crippen LogP contribution in [0.15, 0.2) is 29.4 Å². The van der Waals surface area contributed by atoms with Gasteiger partial charge in [0.2, 0.25) is 0 Å². The summed E-state index contributed by atoms with van der Waals surface area (Å²) in [5.74, 6) is 1.63. The van der Waals surface area contributed by atoms with Crippen LogP contribution in [0.3, 0.4) is 0 Å². The zero-order valence-corrected chi connectivity index (χ0v) is 9.12. The molecular formula is C11H12N4O. The number of aromatic nitrogens is 3. The average Bonchev–Trinajstić information content (AvgIpc) is 2.58. The van der Waals surface area contributed by atoms with Crippen LogP contribution < -0.4 is 0 Å². The predicted octanol–water partition coefficient (Wildman–Crippen LogP) is 1.48. The van der Waals surface area contributed by atoms with E-state index in [0.717, 1.165) is 0 Å². The van der Waals surface area contributed by atoms with E-state index in [1.165, 1.54) is 0 Å². The first-order chi connectivity index (χ1) is 7.68. The molecule has 0 atom stereocenters. The second-order valence-corrected chi connectivity index (χ2v) is 3.41. The number of hydrogen-bond donors (Lipinski definition) is 1. The van der Waals surface area contributed by atoms with Crippen molar-refractivity contribution in [3.8, 4) is 5.75 Å². The van der Waals surface area contributed by atoms with Crippen LogP contribution in [0.25, 0.3) is 0 Å². The highest BCUT2D eigenvalue weighted by molar-refractivity contribution is 5.83. The third kappa shape index (κ3) is 1.93. The van der Waals surface area contributed by atoms with Crippen molar-refractivity contribution in [2.75, 3.05) is 0 Å². The van der Waals surface area contributed by atoms with Crippen molar-refractivity contribution in [1.82, 2.24) is 14.9 Å². The molecule has 1 aromatic carbocycles. The quantitative estimate of drug-likeness (QED) is 0.773. The van der Waals surface area contributed by atoms with Gasteiger partial charge in [0.1, 0.15) is 5.75 Å². The minimum atomic E-state index is 0.203. The lowest BCUT2D eigenvalue weighted by Gasteiger charge is -1.99. The van der Waals surface area contributed by atoms with E-state index in [9.17, 15) is 5.11 Å². The molecule has 1 heterocycles. The van der Waals surface area contributed by atoms with Gasteiger partial charge in [-0.3, -0.25) is 0 Å². The highest BCUT2D eigenvalue weighted by atomic mass is 16.3. The van der Waals surface area contributed by atoms with Crippen molar-refractivity contribution in [2.24, 2.45) is 5.10 Å². The molecule has 0 amide bonds. The Morgan fingerprint density at radius 1 is 1.19 bits per heavy atom. The minimum absolute atomic E-state index is 0.203. The molecule has 1 N–H and O–H groups in total. The van der Waals surface area contributed by atoms with E-state index in [4.69, 9.17) is 0 Å². The van der Waals surface area contributed by atoms with E-state index < -0.39 is 0 Å². The summed E-state index contributed by atoms with van der Waals surface area (Å²) in [5, 5.41) is 21.5. The first kappa shape index (κ1) is 10.4. The standard InChI is InChI=1S/C11H12N4O/c1-8-13-14-9(2)15(8)12-7-10-5-3-4-6-11(10)16/h3-7,16H,1-2H3/b12-7+. The van der Waals surface area contributed by atoms with Gasteiger partial charge in [0, 0.05) is 5.56 Å². The molecule has 0 saturated carbocycles. The Morgan fingerprint density at radius 2 is 1.81 bits per heavy atom. The normalized spacial score (nSPS) is 11.1. The first-order valence-corrected chi connectivity index (χ1v) is 4.89. The van der Waals surface area contributed by atoms with Crippen LogP contribution in [0, 0.1) is 13.8 Å². The maximum atomic E-state index is 9.55. The van der Waals surface area contributed by atoms with Crippen LogP contribution >= 0.6 is 0 Å².